The molecule has 1 saturated carbocycles. The number of piperidine rings is 1. The average molecular weight is 408 g/mol. The molecule has 1 aliphatic heterocycles. The highest BCUT2D eigenvalue weighted by atomic mass is 35.5. The number of nitrogen functional groups attached to an aromatic ring is 2. The highest BCUT2D eigenvalue weighted by molar-refractivity contribution is 6.31. The molecule has 29 heavy (non-hydrogen) atoms. The largest absolute Gasteiger partial charge is 0.398 e. The highest BCUT2D eigenvalue weighted by Gasteiger charge is 2.58. The lowest BCUT2D eigenvalue weighted by Crippen LogP contribution is -2.19. The minimum atomic E-state index is -0.576. The Morgan fingerprint density at radius 1 is 1.28 bits per heavy atom. The number of hydrogen-bond donors (Lipinski definition) is 2. The van der Waals surface area contributed by atoms with Gasteiger partial charge in [0.25, 0.3) is 0 Å². The molecular formula is C22H19ClFN5. The Labute approximate surface area is 172 Å². The molecule has 5 rings (SSSR count). The second kappa shape index (κ2) is 6.31. The van der Waals surface area contributed by atoms with Gasteiger partial charge in [0.15, 0.2) is 11.6 Å². The third-order valence-corrected chi connectivity index (χ3v) is 6.14. The molecule has 0 amide bonds. The van der Waals surface area contributed by atoms with Crippen LogP contribution in [0.15, 0.2) is 30.3 Å². The van der Waals surface area contributed by atoms with Crippen molar-refractivity contribution in [2.75, 3.05) is 31.6 Å². The van der Waals surface area contributed by atoms with E-state index in [1.165, 1.54) is 6.07 Å². The van der Waals surface area contributed by atoms with Crippen LogP contribution >= 0.6 is 11.6 Å². The summed E-state index contributed by atoms with van der Waals surface area (Å²) >= 11 is 5.90. The second-order valence-corrected chi connectivity index (χ2v) is 8.40. The van der Waals surface area contributed by atoms with Crippen molar-refractivity contribution >= 4 is 34.0 Å². The van der Waals surface area contributed by atoms with Gasteiger partial charge in [-0.1, -0.05) is 29.5 Å². The van der Waals surface area contributed by atoms with E-state index in [2.05, 4.69) is 33.8 Å². The molecule has 2 atom stereocenters. The van der Waals surface area contributed by atoms with E-state index >= 15 is 0 Å². The van der Waals surface area contributed by atoms with E-state index in [1.54, 1.807) is 24.3 Å². The first-order chi connectivity index (χ1) is 13.9. The Balaban J connectivity index is 1.60. The van der Waals surface area contributed by atoms with Crippen LogP contribution in [-0.2, 0) is 0 Å². The molecule has 3 aromatic rings. The van der Waals surface area contributed by atoms with Crippen molar-refractivity contribution in [3.63, 3.8) is 0 Å². The smallest absolute Gasteiger partial charge is 0.165 e. The zero-order valence-corrected chi connectivity index (χ0v) is 16.6. The van der Waals surface area contributed by atoms with Crippen molar-refractivity contribution in [1.82, 2.24) is 14.9 Å². The summed E-state index contributed by atoms with van der Waals surface area (Å²) in [6.45, 7) is 2.09. The zero-order valence-electron chi connectivity index (χ0n) is 15.8. The molecular weight excluding hydrogens is 389 g/mol. The van der Waals surface area contributed by atoms with Crippen molar-refractivity contribution < 1.29 is 4.39 Å². The average Bonchev–Trinajstić information content (AvgIpc) is 3.24. The van der Waals surface area contributed by atoms with Crippen LogP contribution < -0.4 is 11.5 Å². The molecule has 2 aliphatic rings. The fourth-order valence-corrected chi connectivity index (χ4v) is 4.42. The zero-order chi connectivity index (χ0) is 20.3. The Morgan fingerprint density at radius 3 is 2.86 bits per heavy atom. The maximum Gasteiger partial charge on any atom is 0.165 e. The number of aromatic nitrogens is 2. The van der Waals surface area contributed by atoms with Gasteiger partial charge < -0.3 is 16.4 Å². The van der Waals surface area contributed by atoms with E-state index in [-0.39, 0.29) is 27.6 Å². The van der Waals surface area contributed by atoms with Gasteiger partial charge in [0.2, 0.25) is 0 Å². The summed E-state index contributed by atoms with van der Waals surface area (Å²) in [6, 6.07) is 8.23. The summed E-state index contributed by atoms with van der Waals surface area (Å²) in [5.41, 5.74) is 14.4. The standard InChI is InChI=1S/C22H19ClFN5/c1-29-10-13-9-22(13,11-29)6-5-12-7-18-15(8-17(12)25)20(26)28-21(27-18)14-3-2-4-16(23)19(14)24/h2-4,7-8,13H,9-11,25H2,1H3,(H2,26,27,28). The number of fused-ring (bicyclic) bond motifs is 2. The lowest BCUT2D eigenvalue weighted by Gasteiger charge is -2.11. The first kappa shape index (κ1) is 18.2. The Hall–Kier alpha value is -2.88. The van der Waals surface area contributed by atoms with E-state index in [0.717, 1.165) is 19.5 Å². The van der Waals surface area contributed by atoms with Crippen LogP contribution in [0.2, 0.25) is 5.02 Å². The van der Waals surface area contributed by atoms with Crippen molar-refractivity contribution in [3.8, 4) is 23.2 Å². The molecule has 2 heterocycles. The molecule has 0 radical (unpaired) electrons. The van der Waals surface area contributed by atoms with E-state index in [4.69, 9.17) is 23.1 Å². The molecule has 7 heteroatoms. The molecule has 0 spiro atoms. The summed E-state index contributed by atoms with van der Waals surface area (Å²) in [5.74, 6) is 7.17. The van der Waals surface area contributed by atoms with Gasteiger partial charge in [-0.25, -0.2) is 14.4 Å². The van der Waals surface area contributed by atoms with E-state index in [9.17, 15) is 4.39 Å². The maximum atomic E-state index is 14.4. The summed E-state index contributed by atoms with van der Waals surface area (Å²) in [5, 5.41) is 0.621. The van der Waals surface area contributed by atoms with Crippen molar-refractivity contribution in [1.29, 1.82) is 0 Å². The van der Waals surface area contributed by atoms with Crippen LogP contribution in [-0.4, -0.2) is 35.0 Å². The molecule has 1 aliphatic carbocycles. The van der Waals surface area contributed by atoms with Gasteiger partial charge >= 0.3 is 0 Å². The lowest BCUT2D eigenvalue weighted by atomic mass is 10.0. The van der Waals surface area contributed by atoms with Gasteiger partial charge in [0.1, 0.15) is 5.82 Å². The lowest BCUT2D eigenvalue weighted by molar-refractivity contribution is 0.360. The summed E-state index contributed by atoms with van der Waals surface area (Å²) < 4.78 is 14.4. The fourth-order valence-electron chi connectivity index (χ4n) is 4.24. The first-order valence-electron chi connectivity index (χ1n) is 9.39. The fraction of sp³-hybridized carbons (Fsp3) is 0.273. The van der Waals surface area contributed by atoms with Crippen LogP contribution in [0.3, 0.4) is 0 Å². The van der Waals surface area contributed by atoms with Gasteiger partial charge in [0, 0.05) is 35.1 Å². The molecule has 0 bridgehead atoms. The molecule has 1 aromatic heterocycles. The molecule has 2 fully saturated rings. The summed E-state index contributed by atoms with van der Waals surface area (Å²) in [4.78, 5) is 11.1. The summed E-state index contributed by atoms with van der Waals surface area (Å²) in [7, 11) is 2.12. The normalized spacial score (nSPS) is 22.9. The van der Waals surface area contributed by atoms with Crippen LogP contribution in [0.5, 0.6) is 0 Å². The molecule has 1 saturated heterocycles. The number of hydrogen-bond acceptors (Lipinski definition) is 5. The van der Waals surface area contributed by atoms with Gasteiger partial charge in [-0.3, -0.25) is 0 Å². The number of likely N-dealkylation sites (tertiary alicyclic amines) is 1. The maximum absolute atomic E-state index is 14.4. The predicted octanol–water partition coefficient (Wildman–Crippen LogP) is 3.56. The first-order valence-corrected chi connectivity index (χ1v) is 9.77. The predicted molar refractivity (Wildman–Crippen MR) is 114 cm³/mol. The topological polar surface area (TPSA) is 81.1 Å². The molecule has 2 unspecified atom stereocenters. The molecule has 2 aromatic carbocycles. The van der Waals surface area contributed by atoms with Crippen LogP contribution in [0.4, 0.5) is 15.9 Å². The van der Waals surface area contributed by atoms with Crippen LogP contribution in [0.1, 0.15) is 12.0 Å². The van der Waals surface area contributed by atoms with Gasteiger partial charge in [-0.2, -0.15) is 0 Å². The Morgan fingerprint density at radius 2 is 2.10 bits per heavy atom. The minimum Gasteiger partial charge on any atom is -0.398 e. The third kappa shape index (κ3) is 2.98. The number of benzene rings is 2. The quantitative estimate of drug-likeness (QED) is 0.476. The van der Waals surface area contributed by atoms with E-state index < -0.39 is 5.82 Å². The van der Waals surface area contributed by atoms with Crippen LogP contribution in [0, 0.1) is 29.0 Å². The SMILES string of the molecule is CN1CC2CC2(C#Cc2cc3nc(-c4cccc(Cl)c4F)nc(N)c3cc2N)C1. The number of nitrogens with two attached hydrogens (primary N) is 2. The van der Waals surface area contributed by atoms with Gasteiger partial charge in [-0.15, -0.1) is 0 Å². The summed E-state index contributed by atoms with van der Waals surface area (Å²) in [6.07, 6.45) is 1.14. The third-order valence-electron chi connectivity index (χ3n) is 5.85. The molecule has 5 nitrogen and oxygen atoms in total. The monoisotopic (exact) mass is 407 g/mol. The van der Waals surface area contributed by atoms with Crippen molar-refractivity contribution in [2.24, 2.45) is 11.3 Å². The number of nitrogens with zero attached hydrogens (tertiary/aromatic N) is 3. The van der Waals surface area contributed by atoms with E-state index in [1.807, 2.05) is 0 Å². The van der Waals surface area contributed by atoms with Gasteiger partial charge in [-0.05, 0) is 43.7 Å². The van der Waals surface area contributed by atoms with Gasteiger partial charge in [0.05, 0.1) is 16.1 Å². The number of anilines is 2. The minimum absolute atomic E-state index is 0.00778. The highest BCUT2D eigenvalue weighted by Crippen LogP contribution is 2.56. The second-order valence-electron chi connectivity index (χ2n) is 7.99. The Bertz CT molecular complexity index is 1230. The number of rotatable bonds is 1. The molecule has 146 valence electrons. The van der Waals surface area contributed by atoms with Crippen LogP contribution in [0.25, 0.3) is 22.3 Å². The van der Waals surface area contributed by atoms with E-state index in [0.29, 0.717) is 28.1 Å². The van der Waals surface area contributed by atoms with Crippen molar-refractivity contribution in [2.45, 2.75) is 6.42 Å². The van der Waals surface area contributed by atoms with Crippen molar-refractivity contribution in [3.05, 3.63) is 46.7 Å². The molecule has 4 N–H and O–H groups in total. The number of halogens is 2. The Kier molecular flexibility index (Phi) is 3.95.